The van der Waals surface area contributed by atoms with Gasteiger partial charge in [-0.05, 0) is 25.1 Å². The fourth-order valence-electron chi connectivity index (χ4n) is 3.23. The van der Waals surface area contributed by atoms with Crippen molar-refractivity contribution in [1.82, 2.24) is 14.0 Å². The summed E-state index contributed by atoms with van der Waals surface area (Å²) in [5.74, 6) is 0.989. The molecule has 1 aliphatic heterocycles. The van der Waals surface area contributed by atoms with Gasteiger partial charge in [-0.1, -0.05) is 17.7 Å². The molecule has 1 fully saturated rings. The minimum Gasteiger partial charge on any atom is -0.481 e. The van der Waals surface area contributed by atoms with E-state index < -0.39 is 6.10 Å². The summed E-state index contributed by atoms with van der Waals surface area (Å²) in [6, 6.07) is 8.37. The van der Waals surface area contributed by atoms with Gasteiger partial charge in [0.15, 0.2) is 6.10 Å². The molecule has 0 N–H and O–H groups in total. The van der Waals surface area contributed by atoms with Gasteiger partial charge in [-0.15, -0.1) is 0 Å². The summed E-state index contributed by atoms with van der Waals surface area (Å²) in [7, 11) is 3.09. The standard InChI is InChI=1S/C19H23ClN4O4/c1-13(28-15-6-4-5-14(20)11-15)18(26)24-9-7-23(8-10-24)16-12-17(25)22(3)19(27)21(16)2/h4-6,11-13H,7-10H2,1-3H3/t13-/m1/s1. The van der Waals surface area contributed by atoms with Crippen molar-refractivity contribution in [3.05, 3.63) is 56.2 Å². The zero-order valence-electron chi connectivity index (χ0n) is 16.1. The van der Waals surface area contributed by atoms with E-state index in [4.69, 9.17) is 16.3 Å². The number of halogens is 1. The van der Waals surface area contributed by atoms with Crippen molar-refractivity contribution in [2.45, 2.75) is 13.0 Å². The minimum atomic E-state index is -0.640. The van der Waals surface area contributed by atoms with Crippen LogP contribution >= 0.6 is 11.6 Å². The van der Waals surface area contributed by atoms with Gasteiger partial charge in [0.2, 0.25) is 0 Å². The van der Waals surface area contributed by atoms with Gasteiger partial charge >= 0.3 is 5.69 Å². The SMILES string of the molecule is C[C@@H](Oc1cccc(Cl)c1)C(=O)N1CCN(c2cc(=O)n(C)c(=O)n2C)CC1. The number of amides is 1. The van der Waals surface area contributed by atoms with Gasteiger partial charge in [0.1, 0.15) is 11.6 Å². The highest BCUT2D eigenvalue weighted by Gasteiger charge is 2.27. The average Bonchev–Trinajstić information content (AvgIpc) is 2.68. The Morgan fingerprint density at radius 3 is 2.39 bits per heavy atom. The number of nitrogens with zero attached hydrogens (tertiary/aromatic N) is 4. The van der Waals surface area contributed by atoms with E-state index in [-0.39, 0.29) is 17.2 Å². The second-order valence-electron chi connectivity index (χ2n) is 6.77. The molecule has 1 aromatic carbocycles. The van der Waals surface area contributed by atoms with Gasteiger partial charge in [-0.3, -0.25) is 18.7 Å². The number of aromatic nitrogens is 2. The molecule has 1 amide bonds. The fourth-order valence-corrected chi connectivity index (χ4v) is 3.41. The van der Waals surface area contributed by atoms with E-state index in [1.165, 1.54) is 17.7 Å². The van der Waals surface area contributed by atoms with Gasteiger partial charge in [-0.2, -0.15) is 0 Å². The van der Waals surface area contributed by atoms with Crippen LogP contribution in [-0.4, -0.2) is 52.2 Å². The molecule has 0 radical (unpaired) electrons. The highest BCUT2D eigenvalue weighted by atomic mass is 35.5. The molecule has 9 heteroatoms. The molecule has 28 heavy (non-hydrogen) atoms. The first-order valence-corrected chi connectivity index (χ1v) is 9.38. The molecule has 2 heterocycles. The third-order valence-electron chi connectivity index (χ3n) is 4.87. The van der Waals surface area contributed by atoms with Gasteiger partial charge in [0.25, 0.3) is 11.5 Å². The van der Waals surface area contributed by atoms with Crippen molar-refractivity contribution in [2.75, 3.05) is 31.1 Å². The highest BCUT2D eigenvalue weighted by molar-refractivity contribution is 6.30. The molecule has 8 nitrogen and oxygen atoms in total. The predicted molar refractivity (Wildman–Crippen MR) is 107 cm³/mol. The molecule has 1 atom stereocenters. The van der Waals surface area contributed by atoms with Crippen molar-refractivity contribution in [3.8, 4) is 5.75 Å². The number of rotatable bonds is 4. The summed E-state index contributed by atoms with van der Waals surface area (Å²) in [5, 5.41) is 0.547. The van der Waals surface area contributed by atoms with Crippen LogP contribution in [0.2, 0.25) is 5.02 Å². The lowest BCUT2D eigenvalue weighted by Gasteiger charge is -2.37. The lowest BCUT2D eigenvalue weighted by atomic mass is 10.2. The monoisotopic (exact) mass is 406 g/mol. The number of carbonyl (C=O) groups is 1. The number of ether oxygens (including phenoxy) is 1. The van der Waals surface area contributed by atoms with Gasteiger partial charge in [-0.25, -0.2) is 4.79 Å². The van der Waals surface area contributed by atoms with Crippen LogP contribution in [-0.2, 0) is 18.9 Å². The first-order chi connectivity index (χ1) is 13.3. The van der Waals surface area contributed by atoms with Gasteiger partial charge < -0.3 is 14.5 Å². The molecule has 1 aliphatic rings. The third-order valence-corrected chi connectivity index (χ3v) is 5.11. The minimum absolute atomic E-state index is 0.113. The molecule has 150 valence electrons. The second-order valence-corrected chi connectivity index (χ2v) is 7.21. The van der Waals surface area contributed by atoms with E-state index >= 15 is 0 Å². The van der Waals surface area contributed by atoms with E-state index in [2.05, 4.69) is 0 Å². The summed E-state index contributed by atoms with van der Waals surface area (Å²) in [6.07, 6.45) is -0.640. The predicted octanol–water partition coefficient (Wildman–Crippen LogP) is 0.853. The van der Waals surface area contributed by atoms with Crippen LogP contribution in [0.1, 0.15) is 6.92 Å². The Morgan fingerprint density at radius 2 is 1.75 bits per heavy atom. The van der Waals surface area contributed by atoms with E-state index in [0.717, 1.165) is 4.57 Å². The van der Waals surface area contributed by atoms with Crippen LogP contribution in [0.4, 0.5) is 5.82 Å². The average molecular weight is 407 g/mol. The Kier molecular flexibility index (Phi) is 5.79. The lowest BCUT2D eigenvalue weighted by Crippen LogP contribution is -2.53. The van der Waals surface area contributed by atoms with Crippen molar-refractivity contribution in [3.63, 3.8) is 0 Å². The van der Waals surface area contributed by atoms with Crippen LogP contribution in [0, 0.1) is 0 Å². The quantitative estimate of drug-likeness (QED) is 0.752. The molecule has 1 saturated heterocycles. The van der Waals surface area contributed by atoms with Crippen LogP contribution in [0.5, 0.6) is 5.75 Å². The Hall–Kier alpha value is -2.74. The van der Waals surface area contributed by atoms with E-state index in [9.17, 15) is 14.4 Å². The van der Waals surface area contributed by atoms with Crippen molar-refractivity contribution in [2.24, 2.45) is 14.1 Å². The van der Waals surface area contributed by atoms with Crippen molar-refractivity contribution < 1.29 is 9.53 Å². The summed E-state index contributed by atoms with van der Waals surface area (Å²) in [5.41, 5.74) is -0.718. The van der Waals surface area contributed by atoms with Crippen LogP contribution in [0.25, 0.3) is 0 Å². The number of hydrogen-bond donors (Lipinski definition) is 0. The van der Waals surface area contributed by atoms with E-state index in [1.54, 1.807) is 43.1 Å². The summed E-state index contributed by atoms with van der Waals surface area (Å²) >= 11 is 5.95. The lowest BCUT2D eigenvalue weighted by molar-refractivity contribution is -0.138. The Morgan fingerprint density at radius 1 is 1.07 bits per heavy atom. The number of carbonyl (C=O) groups excluding carboxylic acids is 1. The topological polar surface area (TPSA) is 76.8 Å². The molecule has 3 rings (SSSR count). The van der Waals surface area contributed by atoms with Crippen molar-refractivity contribution >= 4 is 23.3 Å². The number of piperazine rings is 1. The van der Waals surface area contributed by atoms with E-state index in [1.807, 2.05) is 4.90 Å². The normalized spacial score (nSPS) is 15.4. The molecule has 0 saturated carbocycles. The van der Waals surface area contributed by atoms with Crippen molar-refractivity contribution in [1.29, 1.82) is 0 Å². The number of hydrogen-bond acceptors (Lipinski definition) is 5. The molecular weight excluding hydrogens is 384 g/mol. The van der Waals surface area contributed by atoms with Crippen LogP contribution < -0.4 is 20.9 Å². The maximum atomic E-state index is 12.7. The fraction of sp³-hybridized carbons (Fsp3) is 0.421. The largest absolute Gasteiger partial charge is 0.481 e. The smallest absolute Gasteiger partial charge is 0.332 e. The molecule has 0 aliphatic carbocycles. The Bertz CT molecular complexity index is 992. The Labute approximate surface area is 167 Å². The molecule has 0 unspecified atom stereocenters. The maximum absolute atomic E-state index is 12.7. The second kappa shape index (κ2) is 8.10. The molecular formula is C19H23ClN4O4. The first-order valence-electron chi connectivity index (χ1n) is 9.01. The zero-order valence-corrected chi connectivity index (χ0v) is 16.8. The molecule has 1 aromatic heterocycles. The van der Waals surface area contributed by atoms with Gasteiger partial charge in [0, 0.05) is 51.4 Å². The third kappa shape index (κ3) is 4.06. The molecule has 2 aromatic rings. The Balaban J connectivity index is 1.64. The van der Waals surface area contributed by atoms with Crippen LogP contribution in [0.15, 0.2) is 39.9 Å². The van der Waals surface area contributed by atoms with Crippen LogP contribution in [0.3, 0.4) is 0 Å². The zero-order chi connectivity index (χ0) is 20.4. The molecule has 0 bridgehead atoms. The number of benzene rings is 1. The van der Waals surface area contributed by atoms with Gasteiger partial charge in [0.05, 0.1) is 0 Å². The summed E-state index contributed by atoms with van der Waals surface area (Å²) in [6.45, 7) is 3.71. The highest BCUT2D eigenvalue weighted by Crippen LogP contribution is 2.19. The summed E-state index contributed by atoms with van der Waals surface area (Å²) in [4.78, 5) is 40.4. The molecule has 0 spiro atoms. The first kappa shape index (κ1) is 20.0. The summed E-state index contributed by atoms with van der Waals surface area (Å²) < 4.78 is 8.22. The number of anilines is 1. The maximum Gasteiger partial charge on any atom is 0.332 e. The van der Waals surface area contributed by atoms with E-state index in [0.29, 0.717) is 42.8 Å².